The lowest BCUT2D eigenvalue weighted by Crippen LogP contribution is -2.14. The van der Waals surface area contributed by atoms with Crippen molar-refractivity contribution in [3.63, 3.8) is 0 Å². The molecule has 1 unspecified atom stereocenters. The number of aromatic nitrogens is 2. The Balaban J connectivity index is 2.70. The van der Waals surface area contributed by atoms with Crippen molar-refractivity contribution in [3.05, 3.63) is 11.4 Å². The van der Waals surface area contributed by atoms with E-state index in [2.05, 4.69) is 30.7 Å². The van der Waals surface area contributed by atoms with E-state index in [9.17, 15) is 0 Å². The molecule has 1 aromatic rings. The molecule has 0 saturated carbocycles. The fraction of sp³-hybridized carbons (Fsp3) is 0.750. The van der Waals surface area contributed by atoms with E-state index >= 15 is 0 Å². The van der Waals surface area contributed by atoms with E-state index in [4.69, 9.17) is 10.5 Å². The van der Waals surface area contributed by atoms with Crippen molar-refractivity contribution in [3.8, 4) is 5.88 Å². The molecule has 1 aromatic heterocycles. The Bertz CT molecular complexity index is 407. The number of ether oxygens (including phenoxy) is 1. The van der Waals surface area contributed by atoms with E-state index in [0.717, 1.165) is 37.3 Å². The Hall–Kier alpha value is -1.32. The third-order valence-corrected chi connectivity index (χ3v) is 3.66. The summed E-state index contributed by atoms with van der Waals surface area (Å²) in [6, 6.07) is 0. The quantitative estimate of drug-likeness (QED) is 0.744. The van der Waals surface area contributed by atoms with Crippen LogP contribution >= 0.6 is 0 Å². The maximum Gasteiger partial charge on any atom is 0.221 e. The van der Waals surface area contributed by atoms with Gasteiger partial charge in [0.15, 0.2) is 0 Å². The monoisotopic (exact) mass is 279 g/mol. The van der Waals surface area contributed by atoms with Gasteiger partial charge in [-0.2, -0.15) is 4.98 Å². The van der Waals surface area contributed by atoms with Gasteiger partial charge in [0.2, 0.25) is 5.88 Å². The van der Waals surface area contributed by atoms with Crippen LogP contribution in [0.25, 0.3) is 0 Å². The standard InChI is InChI=1S/C16H29N3O/c1-5-8-10-13(7-3)11-20-16-12(4)15(17)18-14(19-16)9-6-2/h13H,5-11H2,1-4H3,(H2,17,18,19). The predicted octanol–water partition coefficient (Wildman–Crippen LogP) is 3.91. The van der Waals surface area contributed by atoms with Crippen LogP contribution in [0.2, 0.25) is 0 Å². The lowest BCUT2D eigenvalue weighted by atomic mass is 10.0. The first kappa shape index (κ1) is 16.7. The Morgan fingerprint density at radius 1 is 1.15 bits per heavy atom. The van der Waals surface area contributed by atoms with Gasteiger partial charge in [0, 0.05) is 6.42 Å². The highest BCUT2D eigenvalue weighted by molar-refractivity contribution is 5.44. The van der Waals surface area contributed by atoms with Crippen molar-refractivity contribution >= 4 is 5.82 Å². The third kappa shape index (κ3) is 4.99. The fourth-order valence-electron chi connectivity index (χ4n) is 2.13. The second kappa shape index (κ2) is 8.77. The molecule has 1 rings (SSSR count). The summed E-state index contributed by atoms with van der Waals surface area (Å²) in [6.45, 7) is 9.19. The van der Waals surface area contributed by atoms with Crippen LogP contribution in [0.5, 0.6) is 5.88 Å². The number of nitrogen functional groups attached to an aromatic ring is 1. The minimum Gasteiger partial charge on any atom is -0.477 e. The molecule has 0 spiro atoms. The number of hydrogen-bond acceptors (Lipinski definition) is 4. The van der Waals surface area contributed by atoms with Gasteiger partial charge in [-0.15, -0.1) is 0 Å². The number of nitrogens with zero attached hydrogens (tertiary/aromatic N) is 2. The maximum absolute atomic E-state index is 5.94. The molecule has 4 heteroatoms. The summed E-state index contributed by atoms with van der Waals surface area (Å²) in [6.07, 6.45) is 6.70. The van der Waals surface area contributed by atoms with E-state index in [0.29, 0.717) is 17.6 Å². The highest BCUT2D eigenvalue weighted by atomic mass is 16.5. The first-order chi connectivity index (χ1) is 9.62. The number of aryl methyl sites for hydroxylation is 1. The molecule has 4 nitrogen and oxygen atoms in total. The molecule has 0 aromatic carbocycles. The van der Waals surface area contributed by atoms with Gasteiger partial charge in [-0.05, 0) is 25.7 Å². The topological polar surface area (TPSA) is 61.0 Å². The summed E-state index contributed by atoms with van der Waals surface area (Å²) in [4.78, 5) is 8.80. The maximum atomic E-state index is 5.94. The van der Waals surface area contributed by atoms with Gasteiger partial charge in [0.1, 0.15) is 11.6 Å². The van der Waals surface area contributed by atoms with Crippen molar-refractivity contribution in [2.75, 3.05) is 12.3 Å². The Kier molecular flexibility index (Phi) is 7.34. The number of hydrogen-bond donors (Lipinski definition) is 1. The molecule has 1 atom stereocenters. The molecule has 0 amide bonds. The van der Waals surface area contributed by atoms with Gasteiger partial charge < -0.3 is 10.5 Å². The molecule has 0 aliphatic heterocycles. The van der Waals surface area contributed by atoms with E-state index < -0.39 is 0 Å². The molecular formula is C16H29N3O. The van der Waals surface area contributed by atoms with Gasteiger partial charge >= 0.3 is 0 Å². The van der Waals surface area contributed by atoms with Crippen LogP contribution in [0.1, 0.15) is 64.3 Å². The summed E-state index contributed by atoms with van der Waals surface area (Å²) in [5, 5.41) is 0. The van der Waals surface area contributed by atoms with Crippen LogP contribution in [0.4, 0.5) is 5.82 Å². The number of unbranched alkanes of at least 4 members (excludes halogenated alkanes) is 1. The number of nitrogens with two attached hydrogens (primary N) is 1. The zero-order valence-electron chi connectivity index (χ0n) is 13.4. The van der Waals surface area contributed by atoms with Crippen LogP contribution in [0.3, 0.4) is 0 Å². The minimum atomic E-state index is 0.542. The summed E-state index contributed by atoms with van der Waals surface area (Å²) in [7, 11) is 0. The van der Waals surface area contributed by atoms with Gasteiger partial charge in [0.05, 0.1) is 12.2 Å². The number of rotatable bonds is 9. The zero-order valence-corrected chi connectivity index (χ0v) is 13.4. The fourth-order valence-corrected chi connectivity index (χ4v) is 2.13. The van der Waals surface area contributed by atoms with Crippen LogP contribution < -0.4 is 10.5 Å². The molecule has 0 bridgehead atoms. The predicted molar refractivity (Wildman–Crippen MR) is 84.0 cm³/mol. The first-order valence-electron chi connectivity index (χ1n) is 7.88. The van der Waals surface area contributed by atoms with Gasteiger partial charge in [0.25, 0.3) is 0 Å². The van der Waals surface area contributed by atoms with Crippen molar-refractivity contribution < 1.29 is 4.74 Å². The minimum absolute atomic E-state index is 0.542. The smallest absolute Gasteiger partial charge is 0.221 e. The first-order valence-corrected chi connectivity index (χ1v) is 7.88. The second-order valence-electron chi connectivity index (χ2n) is 5.43. The molecule has 1 heterocycles. The molecule has 0 radical (unpaired) electrons. The average molecular weight is 279 g/mol. The highest BCUT2D eigenvalue weighted by Crippen LogP contribution is 2.22. The van der Waals surface area contributed by atoms with Gasteiger partial charge in [-0.1, -0.05) is 40.0 Å². The largest absolute Gasteiger partial charge is 0.477 e. The van der Waals surface area contributed by atoms with Crippen molar-refractivity contribution in [2.24, 2.45) is 5.92 Å². The van der Waals surface area contributed by atoms with E-state index in [1.165, 1.54) is 19.3 Å². The summed E-state index contributed by atoms with van der Waals surface area (Å²) < 4.78 is 5.92. The Morgan fingerprint density at radius 2 is 1.90 bits per heavy atom. The molecular weight excluding hydrogens is 250 g/mol. The van der Waals surface area contributed by atoms with Gasteiger partial charge in [-0.3, -0.25) is 0 Å². The molecule has 0 saturated heterocycles. The van der Waals surface area contributed by atoms with Crippen molar-refractivity contribution in [1.82, 2.24) is 9.97 Å². The summed E-state index contributed by atoms with van der Waals surface area (Å²) in [5.41, 5.74) is 6.80. The molecule has 2 N–H and O–H groups in total. The van der Waals surface area contributed by atoms with Crippen LogP contribution in [0.15, 0.2) is 0 Å². The molecule has 0 fully saturated rings. The molecule has 114 valence electrons. The SMILES string of the molecule is CCCCC(CC)COc1nc(CCC)nc(N)c1C. The van der Waals surface area contributed by atoms with Crippen LogP contribution in [-0.4, -0.2) is 16.6 Å². The zero-order chi connectivity index (χ0) is 15.0. The summed E-state index contributed by atoms with van der Waals surface area (Å²) >= 11 is 0. The lowest BCUT2D eigenvalue weighted by Gasteiger charge is -2.17. The normalized spacial score (nSPS) is 12.4. The number of anilines is 1. The Labute approximate surface area is 123 Å². The van der Waals surface area contributed by atoms with Crippen molar-refractivity contribution in [1.29, 1.82) is 0 Å². The third-order valence-electron chi connectivity index (χ3n) is 3.66. The second-order valence-corrected chi connectivity index (χ2v) is 5.43. The van der Waals surface area contributed by atoms with E-state index in [1.807, 2.05) is 6.92 Å². The van der Waals surface area contributed by atoms with Crippen LogP contribution in [-0.2, 0) is 6.42 Å². The van der Waals surface area contributed by atoms with Crippen LogP contribution in [0, 0.1) is 12.8 Å². The lowest BCUT2D eigenvalue weighted by molar-refractivity contribution is 0.224. The van der Waals surface area contributed by atoms with Crippen molar-refractivity contribution in [2.45, 2.75) is 66.2 Å². The molecule has 20 heavy (non-hydrogen) atoms. The highest BCUT2D eigenvalue weighted by Gasteiger charge is 2.12. The van der Waals surface area contributed by atoms with E-state index in [-0.39, 0.29) is 0 Å². The Morgan fingerprint density at radius 3 is 2.50 bits per heavy atom. The molecule has 0 aliphatic rings. The molecule has 0 aliphatic carbocycles. The van der Waals surface area contributed by atoms with Gasteiger partial charge in [-0.25, -0.2) is 4.98 Å². The van der Waals surface area contributed by atoms with E-state index in [1.54, 1.807) is 0 Å². The summed E-state index contributed by atoms with van der Waals surface area (Å²) in [5.74, 6) is 2.59. The average Bonchev–Trinajstić information content (AvgIpc) is 2.44.